The highest BCUT2D eigenvalue weighted by atomic mass is 35.5. The van der Waals surface area contributed by atoms with Crippen molar-refractivity contribution in [1.29, 1.82) is 0 Å². The smallest absolute Gasteiger partial charge is 0.336 e. The fourth-order valence-corrected chi connectivity index (χ4v) is 2.55. The van der Waals surface area contributed by atoms with E-state index in [1.54, 1.807) is 6.20 Å². The van der Waals surface area contributed by atoms with Gasteiger partial charge in [0.25, 0.3) is 0 Å². The third-order valence-corrected chi connectivity index (χ3v) is 3.78. The number of carbonyl (C=O) groups is 1. The van der Waals surface area contributed by atoms with Crippen molar-refractivity contribution in [2.75, 3.05) is 0 Å². The molecule has 102 valence electrons. The second-order valence-electron chi connectivity index (χ2n) is 5.17. The summed E-state index contributed by atoms with van der Waals surface area (Å²) < 4.78 is 0. The van der Waals surface area contributed by atoms with Gasteiger partial charge in [0.05, 0.1) is 5.56 Å². The van der Waals surface area contributed by atoms with E-state index in [0.29, 0.717) is 17.9 Å². The number of benzene rings is 1. The predicted molar refractivity (Wildman–Crippen MR) is 77.4 cm³/mol. The van der Waals surface area contributed by atoms with E-state index in [2.05, 4.69) is 17.1 Å². The lowest BCUT2D eigenvalue weighted by Gasteiger charge is -2.08. The predicted octanol–water partition coefficient (Wildman–Crippen LogP) is 3.90. The first-order valence-corrected chi connectivity index (χ1v) is 6.98. The lowest BCUT2D eigenvalue weighted by atomic mass is 9.99. The van der Waals surface area contributed by atoms with Gasteiger partial charge in [-0.05, 0) is 47.9 Å². The highest BCUT2D eigenvalue weighted by molar-refractivity contribution is 6.29. The van der Waals surface area contributed by atoms with Crippen LogP contribution in [-0.2, 0) is 6.42 Å². The Labute approximate surface area is 122 Å². The average molecular weight is 288 g/mol. The van der Waals surface area contributed by atoms with Crippen LogP contribution in [-0.4, -0.2) is 16.1 Å². The Morgan fingerprint density at radius 2 is 2.15 bits per heavy atom. The molecule has 0 aliphatic heterocycles. The molecule has 4 heteroatoms. The highest BCUT2D eigenvalue weighted by Gasteiger charge is 2.23. The van der Waals surface area contributed by atoms with Crippen molar-refractivity contribution in [2.45, 2.75) is 25.2 Å². The number of aromatic nitrogens is 1. The SMILES string of the molecule is O=C(O)c1cc(Cl)ncc1Cc1cccc(C2CC2)c1. The summed E-state index contributed by atoms with van der Waals surface area (Å²) in [6.45, 7) is 0. The summed E-state index contributed by atoms with van der Waals surface area (Å²) in [5.41, 5.74) is 3.37. The Hall–Kier alpha value is -1.87. The summed E-state index contributed by atoms with van der Waals surface area (Å²) >= 11 is 5.76. The van der Waals surface area contributed by atoms with Gasteiger partial charge in [0.15, 0.2) is 0 Å². The minimum Gasteiger partial charge on any atom is -0.478 e. The summed E-state index contributed by atoms with van der Waals surface area (Å²) in [5.74, 6) is -0.278. The van der Waals surface area contributed by atoms with Crippen LogP contribution in [0.15, 0.2) is 36.5 Å². The normalized spacial score (nSPS) is 14.2. The number of carboxylic acids is 1. The molecular weight excluding hydrogens is 274 g/mol. The lowest BCUT2D eigenvalue weighted by Crippen LogP contribution is -2.04. The Morgan fingerprint density at radius 3 is 2.85 bits per heavy atom. The first kappa shape index (κ1) is 13.1. The van der Waals surface area contributed by atoms with Crippen LogP contribution in [0.5, 0.6) is 0 Å². The monoisotopic (exact) mass is 287 g/mol. The third-order valence-electron chi connectivity index (χ3n) is 3.58. The van der Waals surface area contributed by atoms with Gasteiger partial charge in [-0.1, -0.05) is 35.9 Å². The number of rotatable bonds is 4. The molecule has 3 nitrogen and oxygen atoms in total. The molecule has 1 aromatic carbocycles. The van der Waals surface area contributed by atoms with E-state index in [9.17, 15) is 9.90 Å². The van der Waals surface area contributed by atoms with Gasteiger partial charge < -0.3 is 5.11 Å². The van der Waals surface area contributed by atoms with Gasteiger partial charge in [0, 0.05) is 6.20 Å². The number of nitrogens with zero attached hydrogens (tertiary/aromatic N) is 1. The Morgan fingerprint density at radius 1 is 1.35 bits per heavy atom. The maximum absolute atomic E-state index is 11.3. The summed E-state index contributed by atoms with van der Waals surface area (Å²) in [6, 6.07) is 9.76. The number of hydrogen-bond acceptors (Lipinski definition) is 2. The summed E-state index contributed by atoms with van der Waals surface area (Å²) in [7, 11) is 0. The molecule has 3 rings (SSSR count). The Kier molecular flexibility index (Phi) is 3.45. The second-order valence-corrected chi connectivity index (χ2v) is 5.55. The molecule has 1 heterocycles. The highest BCUT2D eigenvalue weighted by Crippen LogP contribution is 2.40. The zero-order valence-electron chi connectivity index (χ0n) is 10.8. The summed E-state index contributed by atoms with van der Waals surface area (Å²) in [5, 5.41) is 9.44. The van der Waals surface area contributed by atoms with Gasteiger partial charge in [-0.15, -0.1) is 0 Å². The quantitative estimate of drug-likeness (QED) is 0.868. The van der Waals surface area contributed by atoms with Crippen molar-refractivity contribution in [2.24, 2.45) is 0 Å². The van der Waals surface area contributed by atoms with Gasteiger partial charge in [-0.25, -0.2) is 9.78 Å². The van der Waals surface area contributed by atoms with Gasteiger partial charge in [-0.2, -0.15) is 0 Å². The zero-order chi connectivity index (χ0) is 14.1. The molecule has 0 saturated heterocycles. The van der Waals surface area contributed by atoms with E-state index in [0.717, 1.165) is 5.56 Å². The molecule has 1 aliphatic carbocycles. The van der Waals surface area contributed by atoms with E-state index >= 15 is 0 Å². The van der Waals surface area contributed by atoms with Crippen molar-refractivity contribution in [3.05, 3.63) is 63.9 Å². The van der Waals surface area contributed by atoms with Crippen LogP contribution >= 0.6 is 11.6 Å². The average Bonchev–Trinajstić information content (AvgIpc) is 3.25. The van der Waals surface area contributed by atoms with Gasteiger partial charge in [0.1, 0.15) is 5.15 Å². The van der Waals surface area contributed by atoms with Crippen LogP contribution in [0.4, 0.5) is 0 Å². The Balaban J connectivity index is 1.90. The fourth-order valence-electron chi connectivity index (χ4n) is 2.39. The minimum atomic E-state index is -0.970. The van der Waals surface area contributed by atoms with Crippen LogP contribution in [0.3, 0.4) is 0 Å². The molecule has 0 radical (unpaired) electrons. The van der Waals surface area contributed by atoms with E-state index < -0.39 is 5.97 Å². The molecule has 0 atom stereocenters. The number of carboxylic acid groups (broad SMARTS) is 1. The van der Waals surface area contributed by atoms with Crippen molar-refractivity contribution in [3.63, 3.8) is 0 Å². The van der Waals surface area contributed by atoms with Crippen molar-refractivity contribution < 1.29 is 9.90 Å². The lowest BCUT2D eigenvalue weighted by molar-refractivity contribution is 0.0695. The maximum Gasteiger partial charge on any atom is 0.336 e. The molecule has 2 aromatic rings. The molecule has 1 saturated carbocycles. The van der Waals surface area contributed by atoms with Gasteiger partial charge in [-0.3, -0.25) is 0 Å². The Bertz CT molecular complexity index is 665. The molecule has 1 aromatic heterocycles. The van der Waals surface area contributed by atoms with Gasteiger partial charge in [0.2, 0.25) is 0 Å². The minimum absolute atomic E-state index is 0.206. The molecule has 1 N–H and O–H groups in total. The second kappa shape index (κ2) is 5.25. The molecule has 0 amide bonds. The van der Waals surface area contributed by atoms with Crippen LogP contribution < -0.4 is 0 Å². The molecule has 20 heavy (non-hydrogen) atoms. The fraction of sp³-hybridized carbons (Fsp3) is 0.250. The molecule has 0 spiro atoms. The summed E-state index contributed by atoms with van der Waals surface area (Å²) in [4.78, 5) is 15.3. The largest absolute Gasteiger partial charge is 0.478 e. The molecule has 1 fully saturated rings. The van der Waals surface area contributed by atoms with Crippen molar-refractivity contribution >= 4 is 17.6 Å². The number of aromatic carboxylic acids is 1. The maximum atomic E-state index is 11.3. The van der Waals surface area contributed by atoms with Gasteiger partial charge >= 0.3 is 5.97 Å². The number of hydrogen-bond donors (Lipinski definition) is 1. The van der Waals surface area contributed by atoms with E-state index in [1.807, 2.05) is 12.1 Å². The zero-order valence-corrected chi connectivity index (χ0v) is 11.6. The molecular formula is C16H14ClNO2. The van der Waals surface area contributed by atoms with Crippen LogP contribution in [0.25, 0.3) is 0 Å². The number of halogens is 1. The molecule has 0 unspecified atom stereocenters. The van der Waals surface area contributed by atoms with Crippen LogP contribution in [0.1, 0.15) is 45.8 Å². The van der Waals surface area contributed by atoms with E-state index in [-0.39, 0.29) is 10.7 Å². The van der Waals surface area contributed by atoms with Crippen LogP contribution in [0, 0.1) is 0 Å². The van der Waals surface area contributed by atoms with E-state index in [4.69, 9.17) is 11.6 Å². The molecule has 0 bridgehead atoms. The van der Waals surface area contributed by atoms with E-state index in [1.165, 1.54) is 24.5 Å². The molecule has 1 aliphatic rings. The first-order chi connectivity index (χ1) is 9.63. The topological polar surface area (TPSA) is 50.2 Å². The van der Waals surface area contributed by atoms with Crippen molar-refractivity contribution in [1.82, 2.24) is 4.98 Å². The van der Waals surface area contributed by atoms with Crippen LogP contribution in [0.2, 0.25) is 5.15 Å². The van der Waals surface area contributed by atoms with Crippen molar-refractivity contribution in [3.8, 4) is 0 Å². The first-order valence-electron chi connectivity index (χ1n) is 6.60. The number of pyridine rings is 1. The standard InChI is InChI=1S/C16H14ClNO2/c17-15-8-14(16(19)20)13(9-18-15)7-10-2-1-3-12(6-10)11-4-5-11/h1-3,6,8-9,11H,4-5,7H2,(H,19,20). The summed E-state index contributed by atoms with van der Waals surface area (Å²) in [6.07, 6.45) is 4.63. The third kappa shape index (κ3) is 2.83.